The molecule has 1 aromatic heterocycles. The molecular formula is C9H11F2NO3. The second-order valence-corrected chi connectivity index (χ2v) is 2.69. The van der Waals surface area contributed by atoms with Gasteiger partial charge < -0.3 is 14.6 Å². The number of aliphatic hydroxyl groups excluding tert-OH is 1. The average Bonchev–Trinajstić information content (AvgIpc) is 2.26. The van der Waals surface area contributed by atoms with Crippen LogP contribution in [0, 0.1) is 0 Å². The smallest absolute Gasteiger partial charge is 0.265 e. The number of alkyl halides is 2. The highest BCUT2D eigenvalue weighted by Gasteiger charge is 2.20. The van der Waals surface area contributed by atoms with Gasteiger partial charge in [-0.3, -0.25) is 0 Å². The van der Waals surface area contributed by atoms with E-state index in [1.54, 1.807) is 0 Å². The molecule has 0 spiro atoms. The highest BCUT2D eigenvalue weighted by atomic mass is 19.3. The molecule has 84 valence electrons. The van der Waals surface area contributed by atoms with Gasteiger partial charge in [0.05, 0.1) is 20.8 Å². The lowest BCUT2D eigenvalue weighted by atomic mass is 10.1. The van der Waals surface area contributed by atoms with Crippen molar-refractivity contribution in [1.82, 2.24) is 4.98 Å². The van der Waals surface area contributed by atoms with E-state index in [1.807, 2.05) is 0 Å². The summed E-state index contributed by atoms with van der Waals surface area (Å²) in [6, 6.07) is 0. The summed E-state index contributed by atoms with van der Waals surface area (Å²) in [5.41, 5.74) is -0.352. The van der Waals surface area contributed by atoms with Crippen molar-refractivity contribution >= 4 is 0 Å². The number of rotatable bonds is 4. The second kappa shape index (κ2) is 4.88. The van der Waals surface area contributed by atoms with Gasteiger partial charge in [-0.25, -0.2) is 13.8 Å². The second-order valence-electron chi connectivity index (χ2n) is 2.69. The topological polar surface area (TPSA) is 51.6 Å². The molecule has 0 aromatic carbocycles. The summed E-state index contributed by atoms with van der Waals surface area (Å²) in [5.74, 6) is 0.115. The summed E-state index contributed by atoms with van der Waals surface area (Å²) in [6.45, 7) is -0.554. The minimum atomic E-state index is -2.71. The van der Waals surface area contributed by atoms with E-state index in [9.17, 15) is 8.78 Å². The molecule has 0 radical (unpaired) electrons. The van der Waals surface area contributed by atoms with Crippen LogP contribution in [-0.4, -0.2) is 24.3 Å². The van der Waals surface area contributed by atoms with Crippen LogP contribution in [0.25, 0.3) is 0 Å². The molecule has 0 unspecified atom stereocenters. The van der Waals surface area contributed by atoms with Crippen LogP contribution in [0.1, 0.15) is 17.6 Å². The lowest BCUT2D eigenvalue weighted by Crippen LogP contribution is -2.03. The molecule has 0 aliphatic heterocycles. The number of hydrogen-bond acceptors (Lipinski definition) is 4. The Morgan fingerprint density at radius 2 is 2.07 bits per heavy atom. The van der Waals surface area contributed by atoms with E-state index in [1.165, 1.54) is 14.2 Å². The van der Waals surface area contributed by atoms with E-state index in [0.717, 1.165) is 6.20 Å². The normalized spacial score (nSPS) is 10.5. The Bertz CT molecular complexity index is 344. The molecule has 0 saturated heterocycles. The maximum Gasteiger partial charge on any atom is 0.265 e. The third kappa shape index (κ3) is 2.15. The highest BCUT2D eigenvalue weighted by molar-refractivity contribution is 5.46. The summed E-state index contributed by atoms with van der Waals surface area (Å²) < 4.78 is 34.7. The van der Waals surface area contributed by atoms with Crippen molar-refractivity contribution in [2.75, 3.05) is 14.2 Å². The fraction of sp³-hybridized carbons (Fsp3) is 0.444. The van der Waals surface area contributed by atoms with Gasteiger partial charge >= 0.3 is 0 Å². The first kappa shape index (κ1) is 11.6. The van der Waals surface area contributed by atoms with Crippen molar-refractivity contribution in [3.05, 3.63) is 17.3 Å². The minimum absolute atomic E-state index is 0.000602. The lowest BCUT2D eigenvalue weighted by Gasteiger charge is -2.13. The zero-order chi connectivity index (χ0) is 11.4. The lowest BCUT2D eigenvalue weighted by molar-refractivity contribution is 0.145. The monoisotopic (exact) mass is 219 g/mol. The number of halogens is 2. The van der Waals surface area contributed by atoms with Crippen LogP contribution in [0.3, 0.4) is 0 Å². The largest absolute Gasteiger partial charge is 0.491 e. The molecule has 0 amide bonds. The number of hydrogen-bond donors (Lipinski definition) is 1. The predicted molar refractivity (Wildman–Crippen MR) is 48.2 cm³/mol. The van der Waals surface area contributed by atoms with Crippen LogP contribution in [0.5, 0.6) is 11.6 Å². The summed E-state index contributed by atoms with van der Waals surface area (Å²) in [5, 5.41) is 9.00. The van der Waals surface area contributed by atoms with Crippen LogP contribution >= 0.6 is 0 Å². The van der Waals surface area contributed by atoms with Crippen LogP contribution in [0.15, 0.2) is 6.20 Å². The van der Waals surface area contributed by atoms with E-state index >= 15 is 0 Å². The molecule has 1 rings (SSSR count). The first-order valence-corrected chi connectivity index (χ1v) is 4.14. The Balaban J connectivity index is 3.34. The molecular weight excluding hydrogens is 208 g/mol. The molecule has 1 aromatic rings. The number of nitrogens with zero attached hydrogens (tertiary/aromatic N) is 1. The van der Waals surface area contributed by atoms with Crippen molar-refractivity contribution in [1.29, 1.82) is 0 Å². The number of methoxy groups -OCH3 is 2. The zero-order valence-electron chi connectivity index (χ0n) is 8.33. The summed E-state index contributed by atoms with van der Waals surface area (Å²) in [4.78, 5) is 3.66. The van der Waals surface area contributed by atoms with E-state index in [4.69, 9.17) is 14.6 Å². The highest BCUT2D eigenvalue weighted by Crippen LogP contribution is 2.35. The Morgan fingerprint density at radius 3 is 2.47 bits per heavy atom. The fourth-order valence-corrected chi connectivity index (χ4v) is 1.23. The Labute approximate surface area is 85.5 Å². The van der Waals surface area contributed by atoms with Crippen molar-refractivity contribution < 1.29 is 23.4 Å². The molecule has 0 aliphatic rings. The fourth-order valence-electron chi connectivity index (χ4n) is 1.23. The first-order chi connectivity index (χ1) is 7.15. The molecule has 1 heterocycles. The first-order valence-electron chi connectivity index (χ1n) is 4.14. The van der Waals surface area contributed by atoms with Crippen molar-refractivity contribution in [2.45, 2.75) is 13.0 Å². The number of pyridine rings is 1. The van der Waals surface area contributed by atoms with Gasteiger partial charge in [0, 0.05) is 17.3 Å². The molecule has 0 fully saturated rings. The van der Waals surface area contributed by atoms with E-state index in [0.29, 0.717) is 0 Å². The van der Waals surface area contributed by atoms with E-state index in [2.05, 4.69) is 4.98 Å². The van der Waals surface area contributed by atoms with Crippen LogP contribution in [-0.2, 0) is 6.61 Å². The molecule has 0 saturated carbocycles. The number of aliphatic hydroxyl groups is 1. The molecule has 0 bridgehead atoms. The summed E-state index contributed by atoms with van der Waals surface area (Å²) in [6.07, 6.45) is -1.74. The van der Waals surface area contributed by atoms with Crippen LogP contribution in [0.2, 0.25) is 0 Å². The minimum Gasteiger partial charge on any atom is -0.491 e. The average molecular weight is 219 g/mol. The van der Waals surface area contributed by atoms with Gasteiger partial charge in [-0.1, -0.05) is 0 Å². The van der Waals surface area contributed by atoms with Gasteiger partial charge in [-0.15, -0.1) is 0 Å². The van der Waals surface area contributed by atoms with E-state index in [-0.39, 0.29) is 22.8 Å². The molecule has 15 heavy (non-hydrogen) atoms. The summed E-state index contributed by atoms with van der Waals surface area (Å²) >= 11 is 0. The molecule has 0 atom stereocenters. The molecule has 1 N–H and O–H groups in total. The molecule has 4 nitrogen and oxygen atoms in total. The maximum absolute atomic E-state index is 12.5. The predicted octanol–water partition coefficient (Wildman–Crippen LogP) is 1.53. The standard InChI is InChI=1S/C9H11F2NO3/c1-14-7-6(4-13)5(8(10)11)3-12-9(7)15-2/h3,8,13H,4H2,1-2H3. The van der Waals surface area contributed by atoms with Gasteiger partial charge in [0.1, 0.15) is 0 Å². The quantitative estimate of drug-likeness (QED) is 0.834. The van der Waals surface area contributed by atoms with Crippen LogP contribution < -0.4 is 9.47 Å². The van der Waals surface area contributed by atoms with Crippen LogP contribution in [0.4, 0.5) is 8.78 Å². The Morgan fingerprint density at radius 1 is 1.40 bits per heavy atom. The summed E-state index contributed by atoms with van der Waals surface area (Å²) in [7, 11) is 2.64. The number of ether oxygens (including phenoxy) is 2. The molecule has 0 aliphatic carbocycles. The molecule has 6 heteroatoms. The van der Waals surface area contributed by atoms with Gasteiger partial charge in [-0.2, -0.15) is 0 Å². The third-order valence-corrected chi connectivity index (χ3v) is 1.93. The van der Waals surface area contributed by atoms with Crippen molar-refractivity contribution in [2.24, 2.45) is 0 Å². The van der Waals surface area contributed by atoms with E-state index < -0.39 is 13.0 Å². The van der Waals surface area contributed by atoms with Crippen molar-refractivity contribution in [3.63, 3.8) is 0 Å². The van der Waals surface area contributed by atoms with Gasteiger partial charge in [0.2, 0.25) is 0 Å². The number of aromatic nitrogens is 1. The zero-order valence-corrected chi connectivity index (χ0v) is 8.33. The van der Waals surface area contributed by atoms with Gasteiger partial charge in [-0.05, 0) is 0 Å². The van der Waals surface area contributed by atoms with Gasteiger partial charge in [0.15, 0.2) is 5.75 Å². The Hall–Kier alpha value is -1.43. The Kier molecular flexibility index (Phi) is 3.79. The van der Waals surface area contributed by atoms with Gasteiger partial charge in [0.25, 0.3) is 12.3 Å². The SMILES string of the molecule is COc1ncc(C(F)F)c(CO)c1OC. The third-order valence-electron chi connectivity index (χ3n) is 1.93. The maximum atomic E-state index is 12.5. The van der Waals surface area contributed by atoms with Crippen molar-refractivity contribution in [3.8, 4) is 11.6 Å².